The van der Waals surface area contributed by atoms with Gasteiger partial charge in [-0.05, 0) is 18.2 Å². The van der Waals surface area contributed by atoms with E-state index in [4.69, 9.17) is 9.84 Å². The molecular formula is C15H16N2O5S. The van der Waals surface area contributed by atoms with Crippen LogP contribution in [0.2, 0.25) is 0 Å². The Morgan fingerprint density at radius 1 is 1.17 bits per heavy atom. The topological polar surface area (TPSA) is 105 Å². The first-order valence-electron chi connectivity index (χ1n) is 7.04. The van der Waals surface area contributed by atoms with Crippen molar-refractivity contribution in [2.75, 3.05) is 6.61 Å². The van der Waals surface area contributed by atoms with Crippen LogP contribution in [0, 0.1) is 0 Å². The summed E-state index contributed by atoms with van der Waals surface area (Å²) in [7, 11) is 0. The van der Waals surface area contributed by atoms with E-state index in [-0.39, 0.29) is 0 Å². The Hall–Kier alpha value is -1.71. The van der Waals surface area contributed by atoms with Gasteiger partial charge < -0.3 is 20.1 Å². The number of aromatic nitrogens is 2. The van der Waals surface area contributed by atoms with Crippen molar-refractivity contribution in [3.63, 3.8) is 0 Å². The van der Waals surface area contributed by atoms with Gasteiger partial charge in [-0.2, -0.15) is 4.98 Å². The number of ether oxygens (including phenoxy) is 1. The monoisotopic (exact) mass is 336 g/mol. The van der Waals surface area contributed by atoms with Crippen LogP contribution >= 0.6 is 11.8 Å². The van der Waals surface area contributed by atoms with E-state index in [1.807, 2.05) is 30.3 Å². The second-order valence-corrected chi connectivity index (χ2v) is 6.19. The fraction of sp³-hybridized carbons (Fsp3) is 0.333. The molecule has 0 spiro atoms. The summed E-state index contributed by atoms with van der Waals surface area (Å²) in [4.78, 5) is 17.1. The van der Waals surface area contributed by atoms with Crippen LogP contribution in [-0.2, 0) is 4.74 Å². The van der Waals surface area contributed by atoms with Gasteiger partial charge in [0.05, 0.1) is 6.61 Å². The highest BCUT2D eigenvalue weighted by Crippen LogP contribution is 2.29. The SMILES string of the molecule is O=c1nc(Sc2ccccc2)ccn1[C@H]1O[C@@H](CO)[C@@H](O)[C@@H]1O. The van der Waals surface area contributed by atoms with Crippen LogP contribution in [0.5, 0.6) is 0 Å². The van der Waals surface area contributed by atoms with Crippen LogP contribution in [0.3, 0.4) is 0 Å². The van der Waals surface area contributed by atoms with Gasteiger partial charge in [0.1, 0.15) is 23.3 Å². The summed E-state index contributed by atoms with van der Waals surface area (Å²) in [5, 5.41) is 29.3. The standard InChI is InChI=1S/C15H16N2O5S/c18-8-10-12(19)13(20)14(22-10)17-7-6-11(16-15(17)21)23-9-4-2-1-3-5-9/h1-7,10,12-14,18-20H,8H2/t10-,12+,13-,14-/m0/s1. The van der Waals surface area contributed by atoms with Crippen molar-refractivity contribution < 1.29 is 20.1 Å². The molecule has 8 heteroatoms. The third-order valence-corrected chi connectivity index (χ3v) is 4.51. The highest BCUT2D eigenvalue weighted by Gasteiger charge is 2.43. The molecule has 0 unspecified atom stereocenters. The van der Waals surface area contributed by atoms with Crippen molar-refractivity contribution in [2.24, 2.45) is 0 Å². The second kappa shape index (κ2) is 6.81. The molecule has 1 aromatic carbocycles. The largest absolute Gasteiger partial charge is 0.394 e. The molecule has 0 radical (unpaired) electrons. The lowest BCUT2D eigenvalue weighted by Crippen LogP contribution is -2.36. The lowest BCUT2D eigenvalue weighted by atomic mass is 10.1. The molecule has 1 aromatic heterocycles. The smallest absolute Gasteiger partial charge is 0.350 e. The third-order valence-electron chi connectivity index (χ3n) is 3.56. The van der Waals surface area contributed by atoms with E-state index in [2.05, 4.69) is 4.98 Å². The van der Waals surface area contributed by atoms with Gasteiger partial charge in [0.15, 0.2) is 6.23 Å². The molecule has 0 bridgehead atoms. The molecule has 1 aliphatic rings. The quantitative estimate of drug-likeness (QED) is 0.675. The van der Waals surface area contributed by atoms with E-state index in [0.717, 1.165) is 9.46 Å². The zero-order valence-electron chi connectivity index (χ0n) is 12.0. The molecular weight excluding hydrogens is 320 g/mol. The van der Waals surface area contributed by atoms with Gasteiger partial charge in [-0.25, -0.2) is 4.79 Å². The van der Waals surface area contributed by atoms with Crippen molar-refractivity contribution >= 4 is 11.8 Å². The predicted molar refractivity (Wildman–Crippen MR) is 82.1 cm³/mol. The third kappa shape index (κ3) is 3.31. The first-order chi connectivity index (χ1) is 11.1. The van der Waals surface area contributed by atoms with Crippen LogP contribution in [0.15, 0.2) is 57.3 Å². The zero-order valence-corrected chi connectivity index (χ0v) is 12.8. The van der Waals surface area contributed by atoms with Gasteiger partial charge in [0.2, 0.25) is 0 Å². The van der Waals surface area contributed by atoms with Crippen molar-refractivity contribution in [1.82, 2.24) is 9.55 Å². The molecule has 1 saturated heterocycles. The van der Waals surface area contributed by atoms with E-state index >= 15 is 0 Å². The van der Waals surface area contributed by atoms with Crippen LogP contribution in [-0.4, -0.2) is 49.8 Å². The van der Waals surface area contributed by atoms with E-state index in [1.54, 1.807) is 6.07 Å². The minimum atomic E-state index is -1.31. The second-order valence-electron chi connectivity index (χ2n) is 5.10. The summed E-state index contributed by atoms with van der Waals surface area (Å²) >= 11 is 1.34. The van der Waals surface area contributed by atoms with Gasteiger partial charge in [0, 0.05) is 11.1 Å². The highest BCUT2D eigenvalue weighted by atomic mass is 32.2. The van der Waals surface area contributed by atoms with Gasteiger partial charge in [0.25, 0.3) is 0 Å². The van der Waals surface area contributed by atoms with Gasteiger partial charge in [-0.15, -0.1) is 0 Å². The lowest BCUT2D eigenvalue weighted by Gasteiger charge is -2.17. The first kappa shape index (κ1) is 16.2. The molecule has 23 heavy (non-hydrogen) atoms. The molecule has 1 aliphatic heterocycles. The molecule has 0 amide bonds. The summed E-state index contributed by atoms with van der Waals surface area (Å²) in [6.07, 6.45) is -3.10. The van der Waals surface area contributed by atoms with Crippen molar-refractivity contribution in [2.45, 2.75) is 34.5 Å². The number of rotatable bonds is 4. The Bertz CT molecular complexity index is 723. The minimum absolute atomic E-state index is 0.446. The average molecular weight is 336 g/mol. The zero-order chi connectivity index (χ0) is 16.4. The van der Waals surface area contributed by atoms with Gasteiger partial charge in [-0.1, -0.05) is 30.0 Å². The van der Waals surface area contributed by atoms with E-state index in [1.165, 1.54) is 18.0 Å². The number of benzene rings is 1. The van der Waals surface area contributed by atoms with Crippen molar-refractivity contribution in [3.8, 4) is 0 Å². The molecule has 2 heterocycles. The predicted octanol–water partition coefficient (Wildman–Crippen LogP) is 0.00600. The number of hydrogen-bond donors (Lipinski definition) is 3. The van der Waals surface area contributed by atoms with Crippen LogP contribution < -0.4 is 5.69 Å². The van der Waals surface area contributed by atoms with Gasteiger partial charge >= 0.3 is 5.69 Å². The number of hydrogen-bond acceptors (Lipinski definition) is 7. The van der Waals surface area contributed by atoms with Crippen LogP contribution in [0.1, 0.15) is 6.23 Å². The Kier molecular flexibility index (Phi) is 4.79. The molecule has 122 valence electrons. The summed E-state index contributed by atoms with van der Waals surface area (Å²) in [5.74, 6) is 0. The van der Waals surface area contributed by atoms with E-state index < -0.39 is 36.8 Å². The normalized spacial score (nSPS) is 27.3. The lowest BCUT2D eigenvalue weighted by molar-refractivity contribution is -0.0551. The number of nitrogens with zero attached hydrogens (tertiary/aromatic N) is 2. The molecule has 3 N–H and O–H groups in total. The van der Waals surface area contributed by atoms with Crippen molar-refractivity contribution in [1.29, 1.82) is 0 Å². The Labute approximate surface area is 136 Å². The molecule has 0 saturated carbocycles. The Morgan fingerprint density at radius 3 is 2.52 bits per heavy atom. The van der Waals surface area contributed by atoms with Crippen molar-refractivity contribution in [3.05, 3.63) is 53.1 Å². The summed E-state index contributed by atoms with van der Waals surface area (Å²) in [5.41, 5.74) is -0.597. The van der Waals surface area contributed by atoms with Gasteiger partial charge in [-0.3, -0.25) is 4.57 Å². The Balaban J connectivity index is 1.82. The highest BCUT2D eigenvalue weighted by molar-refractivity contribution is 7.99. The fourth-order valence-corrected chi connectivity index (χ4v) is 3.15. The number of aliphatic hydroxyl groups is 3. The molecule has 0 aliphatic carbocycles. The van der Waals surface area contributed by atoms with Crippen LogP contribution in [0.25, 0.3) is 0 Å². The fourth-order valence-electron chi connectivity index (χ4n) is 2.37. The summed E-state index contributed by atoms with van der Waals surface area (Å²) in [6.45, 7) is -0.446. The molecule has 1 fully saturated rings. The number of aliphatic hydroxyl groups excluding tert-OH is 3. The Morgan fingerprint density at radius 2 is 1.91 bits per heavy atom. The molecule has 3 rings (SSSR count). The average Bonchev–Trinajstić information content (AvgIpc) is 2.84. The summed E-state index contributed by atoms with van der Waals surface area (Å²) in [6, 6.07) is 11.1. The maximum Gasteiger partial charge on any atom is 0.350 e. The maximum atomic E-state index is 12.2. The molecule has 4 atom stereocenters. The van der Waals surface area contributed by atoms with E-state index in [0.29, 0.717) is 5.03 Å². The molecule has 7 nitrogen and oxygen atoms in total. The minimum Gasteiger partial charge on any atom is -0.394 e. The summed E-state index contributed by atoms with van der Waals surface area (Å²) < 4.78 is 6.44. The van der Waals surface area contributed by atoms with E-state index in [9.17, 15) is 15.0 Å². The van der Waals surface area contributed by atoms with Crippen LogP contribution in [0.4, 0.5) is 0 Å². The first-order valence-corrected chi connectivity index (χ1v) is 7.86. The maximum absolute atomic E-state index is 12.2. The molecule has 2 aromatic rings.